The van der Waals surface area contributed by atoms with Crippen LogP contribution in [-0.2, 0) is 4.79 Å². The molecule has 0 aliphatic rings. The standard InChI is InChI=1S/C14H11N5O4S/c1-6-9-12(22)11(14(23)17-5-8(20)21)18-10(13(9)24-19-6)7-4-15-2-3-16-7/h2-4,22H,5H2,1H3,(H,17,23)(H,20,21). The van der Waals surface area contributed by atoms with E-state index in [4.69, 9.17) is 5.11 Å². The molecule has 0 saturated carbocycles. The summed E-state index contributed by atoms with van der Waals surface area (Å²) in [4.78, 5) is 35.1. The van der Waals surface area contributed by atoms with Crippen molar-refractivity contribution < 1.29 is 19.8 Å². The highest BCUT2D eigenvalue weighted by Crippen LogP contribution is 2.38. The number of hydrogen-bond acceptors (Lipinski definition) is 8. The first-order valence-electron chi connectivity index (χ1n) is 6.74. The number of nitrogens with zero attached hydrogens (tertiary/aromatic N) is 4. The van der Waals surface area contributed by atoms with Gasteiger partial charge in [0.05, 0.1) is 22.0 Å². The third-order valence-corrected chi connectivity index (χ3v) is 4.13. The van der Waals surface area contributed by atoms with E-state index in [1.807, 2.05) is 0 Å². The SMILES string of the molecule is Cc1nsc2c(-c3cnccn3)nc(C(=O)NCC(=O)O)c(O)c12. The highest BCUT2D eigenvalue weighted by atomic mass is 32.1. The fourth-order valence-electron chi connectivity index (χ4n) is 2.14. The van der Waals surface area contributed by atoms with Gasteiger partial charge in [-0.15, -0.1) is 0 Å². The third-order valence-electron chi connectivity index (χ3n) is 3.18. The summed E-state index contributed by atoms with van der Waals surface area (Å²) in [6.45, 7) is 1.11. The lowest BCUT2D eigenvalue weighted by Gasteiger charge is -2.09. The molecule has 0 saturated heterocycles. The lowest BCUT2D eigenvalue weighted by atomic mass is 10.1. The molecule has 9 nitrogen and oxygen atoms in total. The molecule has 3 aromatic heterocycles. The van der Waals surface area contributed by atoms with Crippen LogP contribution in [-0.4, -0.2) is 48.0 Å². The first-order valence-corrected chi connectivity index (χ1v) is 7.51. The maximum Gasteiger partial charge on any atom is 0.322 e. The average Bonchev–Trinajstić information content (AvgIpc) is 2.96. The normalized spacial score (nSPS) is 10.7. The van der Waals surface area contributed by atoms with E-state index in [1.165, 1.54) is 18.6 Å². The summed E-state index contributed by atoms with van der Waals surface area (Å²) < 4.78 is 4.75. The van der Waals surface area contributed by atoms with Crippen molar-refractivity contribution in [3.63, 3.8) is 0 Å². The Labute approximate surface area is 139 Å². The number of carbonyl (C=O) groups is 2. The van der Waals surface area contributed by atoms with Crippen molar-refractivity contribution in [3.05, 3.63) is 30.0 Å². The van der Waals surface area contributed by atoms with Crippen LogP contribution < -0.4 is 5.32 Å². The molecule has 1 amide bonds. The van der Waals surface area contributed by atoms with Crippen LogP contribution in [0.2, 0.25) is 0 Å². The van der Waals surface area contributed by atoms with E-state index >= 15 is 0 Å². The van der Waals surface area contributed by atoms with Crippen LogP contribution in [0.4, 0.5) is 0 Å². The highest BCUT2D eigenvalue weighted by molar-refractivity contribution is 7.14. The maximum atomic E-state index is 12.2. The Morgan fingerprint density at radius 2 is 2.12 bits per heavy atom. The molecule has 3 rings (SSSR count). The van der Waals surface area contributed by atoms with Gasteiger partial charge in [0.15, 0.2) is 11.4 Å². The molecular weight excluding hydrogens is 334 g/mol. The smallest absolute Gasteiger partial charge is 0.322 e. The number of pyridine rings is 1. The molecule has 0 aliphatic carbocycles. The second-order valence-electron chi connectivity index (χ2n) is 4.80. The molecule has 3 heterocycles. The molecule has 0 radical (unpaired) electrons. The maximum absolute atomic E-state index is 12.2. The number of hydrogen-bond donors (Lipinski definition) is 3. The van der Waals surface area contributed by atoms with E-state index in [2.05, 4.69) is 24.6 Å². The van der Waals surface area contributed by atoms with E-state index in [9.17, 15) is 14.7 Å². The van der Waals surface area contributed by atoms with Crippen molar-refractivity contribution in [2.45, 2.75) is 6.92 Å². The zero-order valence-electron chi connectivity index (χ0n) is 12.3. The number of carboxylic acid groups (broad SMARTS) is 1. The summed E-state index contributed by atoms with van der Waals surface area (Å²) in [5.74, 6) is -2.34. The minimum absolute atomic E-state index is 0.285. The number of nitrogens with one attached hydrogen (secondary N) is 1. The Balaban J connectivity index is 2.20. The van der Waals surface area contributed by atoms with E-state index in [0.29, 0.717) is 27.2 Å². The van der Waals surface area contributed by atoms with Crippen molar-refractivity contribution in [2.75, 3.05) is 6.54 Å². The van der Waals surface area contributed by atoms with Gasteiger partial charge >= 0.3 is 5.97 Å². The van der Waals surface area contributed by atoms with Crippen LogP contribution in [0.15, 0.2) is 18.6 Å². The summed E-state index contributed by atoms with van der Waals surface area (Å²) in [6, 6.07) is 0. The molecule has 0 aromatic carbocycles. The molecule has 10 heteroatoms. The number of aryl methyl sites for hydroxylation is 1. The van der Waals surface area contributed by atoms with Gasteiger partial charge in [0.2, 0.25) is 0 Å². The van der Waals surface area contributed by atoms with Crippen molar-refractivity contribution in [2.24, 2.45) is 0 Å². The second kappa shape index (κ2) is 6.16. The van der Waals surface area contributed by atoms with Crippen LogP contribution in [0.25, 0.3) is 21.5 Å². The largest absolute Gasteiger partial charge is 0.505 e. The minimum atomic E-state index is -1.20. The van der Waals surface area contributed by atoms with Gasteiger partial charge in [0.25, 0.3) is 5.91 Å². The van der Waals surface area contributed by atoms with Crippen LogP contribution in [0.5, 0.6) is 5.75 Å². The second-order valence-corrected chi connectivity index (χ2v) is 5.57. The molecule has 0 fully saturated rings. The van der Waals surface area contributed by atoms with Crippen LogP contribution in [0, 0.1) is 6.92 Å². The van der Waals surface area contributed by atoms with E-state index < -0.39 is 18.4 Å². The zero-order chi connectivity index (χ0) is 17.3. The number of carboxylic acids is 1. The Bertz CT molecular complexity index is 941. The minimum Gasteiger partial charge on any atom is -0.505 e. The Kier molecular flexibility index (Phi) is 4.04. The fourth-order valence-corrected chi connectivity index (χ4v) is 3.03. The number of fused-ring (bicyclic) bond motifs is 1. The highest BCUT2D eigenvalue weighted by Gasteiger charge is 2.23. The molecule has 0 atom stereocenters. The first-order chi connectivity index (χ1) is 11.5. The Morgan fingerprint density at radius 1 is 1.33 bits per heavy atom. The molecule has 122 valence electrons. The van der Waals surface area contributed by atoms with Gasteiger partial charge in [-0.25, -0.2) is 4.98 Å². The van der Waals surface area contributed by atoms with Gasteiger partial charge in [-0.3, -0.25) is 19.6 Å². The topological polar surface area (TPSA) is 138 Å². The third kappa shape index (κ3) is 2.74. The van der Waals surface area contributed by atoms with Gasteiger partial charge < -0.3 is 15.5 Å². The van der Waals surface area contributed by atoms with Gasteiger partial charge in [-0.2, -0.15) is 4.37 Å². The molecular formula is C14H11N5O4S. The summed E-state index contributed by atoms with van der Waals surface area (Å²) in [5, 5.41) is 21.6. The summed E-state index contributed by atoms with van der Waals surface area (Å²) >= 11 is 1.12. The fraction of sp³-hybridized carbons (Fsp3) is 0.143. The predicted molar refractivity (Wildman–Crippen MR) is 84.8 cm³/mol. The van der Waals surface area contributed by atoms with Gasteiger partial charge in [0.1, 0.15) is 17.9 Å². The number of carbonyl (C=O) groups excluding carboxylic acids is 1. The Hall–Kier alpha value is -3.14. The number of rotatable bonds is 4. The van der Waals surface area contributed by atoms with Crippen LogP contribution in [0.3, 0.4) is 0 Å². The van der Waals surface area contributed by atoms with Crippen molar-refractivity contribution in [1.82, 2.24) is 24.6 Å². The summed E-state index contributed by atoms with van der Waals surface area (Å²) in [5.41, 5.74) is 1.01. The molecule has 0 aliphatic heterocycles. The van der Waals surface area contributed by atoms with Crippen LogP contribution >= 0.6 is 11.5 Å². The first kappa shape index (κ1) is 15.7. The average molecular weight is 345 g/mol. The van der Waals surface area contributed by atoms with Gasteiger partial charge in [-0.05, 0) is 18.5 Å². The lowest BCUT2D eigenvalue weighted by molar-refractivity contribution is -0.135. The van der Waals surface area contributed by atoms with Crippen molar-refractivity contribution >= 4 is 33.5 Å². The molecule has 0 bridgehead atoms. The van der Waals surface area contributed by atoms with E-state index in [1.54, 1.807) is 6.92 Å². The monoisotopic (exact) mass is 345 g/mol. The zero-order valence-corrected chi connectivity index (χ0v) is 13.2. The lowest BCUT2D eigenvalue weighted by Crippen LogP contribution is -2.30. The summed E-state index contributed by atoms with van der Waals surface area (Å²) in [6.07, 6.45) is 4.46. The molecule has 24 heavy (non-hydrogen) atoms. The van der Waals surface area contributed by atoms with Crippen molar-refractivity contribution in [3.8, 4) is 17.1 Å². The molecule has 3 N–H and O–H groups in total. The number of amides is 1. The number of aliphatic carboxylic acids is 1. The Morgan fingerprint density at radius 3 is 2.79 bits per heavy atom. The number of aromatic nitrogens is 4. The van der Waals surface area contributed by atoms with Gasteiger partial charge in [0, 0.05) is 12.4 Å². The summed E-state index contributed by atoms with van der Waals surface area (Å²) in [7, 11) is 0. The van der Waals surface area contributed by atoms with E-state index in [-0.39, 0.29) is 11.4 Å². The van der Waals surface area contributed by atoms with Crippen LogP contribution in [0.1, 0.15) is 16.2 Å². The molecule has 0 spiro atoms. The molecule has 0 unspecified atom stereocenters. The number of aromatic hydroxyl groups is 1. The predicted octanol–water partition coefficient (Wildman–Crippen LogP) is 0.977. The van der Waals surface area contributed by atoms with Gasteiger partial charge in [-0.1, -0.05) is 0 Å². The molecule has 3 aromatic rings. The quantitative estimate of drug-likeness (QED) is 0.636. The van der Waals surface area contributed by atoms with Crippen molar-refractivity contribution in [1.29, 1.82) is 0 Å². The van der Waals surface area contributed by atoms with E-state index in [0.717, 1.165) is 11.5 Å².